The normalized spacial score (nSPS) is 19.4. The van der Waals surface area contributed by atoms with Crippen LogP contribution < -0.4 is 5.32 Å². The lowest BCUT2D eigenvalue weighted by molar-refractivity contribution is -0.0165. The summed E-state index contributed by atoms with van der Waals surface area (Å²) in [5.41, 5.74) is 0.418. The number of carbonyl (C=O) groups excluding carboxylic acids is 1. The van der Waals surface area contributed by atoms with E-state index in [4.69, 9.17) is 0 Å². The number of nitrogens with one attached hydrogen (secondary N) is 1. The average molecular weight is 352 g/mol. The van der Waals surface area contributed by atoms with E-state index in [2.05, 4.69) is 15.4 Å². The molecule has 8 heteroatoms. The number of amides is 1. The predicted molar refractivity (Wildman–Crippen MR) is 85.5 cm³/mol. The van der Waals surface area contributed by atoms with Gasteiger partial charge in [0.2, 0.25) is 5.82 Å². The first-order chi connectivity index (χ1) is 11.8. The van der Waals surface area contributed by atoms with Crippen molar-refractivity contribution in [3.05, 3.63) is 41.7 Å². The van der Waals surface area contributed by atoms with Gasteiger partial charge in [-0.2, -0.15) is 0 Å². The number of benzene rings is 1. The van der Waals surface area contributed by atoms with Gasteiger partial charge in [0, 0.05) is 12.3 Å². The third-order valence-corrected chi connectivity index (χ3v) is 4.22. The number of hydrogen-bond donors (Lipinski definition) is 1. The summed E-state index contributed by atoms with van der Waals surface area (Å²) in [5, 5.41) is 6.44. The van der Waals surface area contributed by atoms with E-state index in [1.165, 1.54) is 22.9 Å². The number of nitrogens with zero attached hydrogens (tertiary/aromatic N) is 3. The Bertz CT molecular complexity index is 788. The van der Waals surface area contributed by atoms with Crippen LogP contribution in [-0.2, 0) is 0 Å². The topological polar surface area (TPSA) is 59.8 Å². The third-order valence-electron chi connectivity index (χ3n) is 4.22. The molecule has 2 aromatic rings. The Morgan fingerprint density at radius 2 is 2.16 bits per heavy atom. The van der Waals surface area contributed by atoms with Crippen molar-refractivity contribution in [1.82, 2.24) is 20.1 Å². The van der Waals surface area contributed by atoms with Crippen LogP contribution in [0.5, 0.6) is 0 Å². The van der Waals surface area contributed by atoms with Crippen LogP contribution in [0.25, 0.3) is 5.69 Å². The van der Waals surface area contributed by atoms with Crippen molar-refractivity contribution in [3.63, 3.8) is 0 Å². The molecule has 1 aromatic carbocycles. The first-order valence-corrected chi connectivity index (χ1v) is 8.19. The van der Waals surface area contributed by atoms with Crippen molar-refractivity contribution < 1.29 is 18.0 Å². The van der Waals surface area contributed by atoms with E-state index in [1.54, 1.807) is 6.07 Å². The van der Waals surface area contributed by atoms with Crippen molar-refractivity contribution in [3.8, 4) is 5.69 Å². The molecular weight excluding hydrogens is 333 g/mol. The summed E-state index contributed by atoms with van der Waals surface area (Å²) in [6, 6.07) is 4.52. The van der Waals surface area contributed by atoms with Crippen LogP contribution in [-0.4, -0.2) is 32.6 Å². The van der Waals surface area contributed by atoms with Gasteiger partial charge in [-0.1, -0.05) is 19.9 Å². The molecule has 25 heavy (non-hydrogen) atoms. The molecular formula is C17H19F3N4O. The Morgan fingerprint density at radius 3 is 2.76 bits per heavy atom. The van der Waals surface area contributed by atoms with Crippen molar-refractivity contribution in [2.45, 2.75) is 51.0 Å². The summed E-state index contributed by atoms with van der Waals surface area (Å²) in [4.78, 5) is 16.5. The molecule has 1 aliphatic carbocycles. The van der Waals surface area contributed by atoms with Crippen LogP contribution in [0.15, 0.2) is 24.3 Å². The molecule has 1 aliphatic rings. The first-order valence-electron chi connectivity index (χ1n) is 8.19. The van der Waals surface area contributed by atoms with Crippen LogP contribution in [0.1, 0.15) is 55.5 Å². The molecule has 1 saturated carbocycles. The highest BCUT2D eigenvalue weighted by atomic mass is 19.3. The Kier molecular flexibility index (Phi) is 4.53. The molecule has 1 heterocycles. The lowest BCUT2D eigenvalue weighted by atomic mass is 10.2. The third kappa shape index (κ3) is 3.52. The summed E-state index contributed by atoms with van der Waals surface area (Å²) < 4.78 is 42.3. The Morgan fingerprint density at radius 1 is 1.40 bits per heavy atom. The van der Waals surface area contributed by atoms with Gasteiger partial charge in [0.1, 0.15) is 11.6 Å². The van der Waals surface area contributed by atoms with Crippen LogP contribution >= 0.6 is 0 Å². The Hall–Kier alpha value is -2.38. The van der Waals surface area contributed by atoms with Crippen LogP contribution in [0.3, 0.4) is 0 Å². The number of alkyl halides is 2. The van der Waals surface area contributed by atoms with Crippen molar-refractivity contribution in [1.29, 1.82) is 0 Å². The fourth-order valence-corrected chi connectivity index (χ4v) is 2.92. The molecule has 1 unspecified atom stereocenters. The monoisotopic (exact) mass is 352 g/mol. The highest BCUT2D eigenvalue weighted by Gasteiger charge is 2.45. The van der Waals surface area contributed by atoms with Gasteiger partial charge in [0.25, 0.3) is 11.8 Å². The predicted octanol–water partition coefficient (Wildman–Crippen LogP) is 3.45. The van der Waals surface area contributed by atoms with Gasteiger partial charge in [-0.05, 0) is 31.0 Å². The molecule has 134 valence electrons. The number of hydrogen-bond acceptors (Lipinski definition) is 3. The molecule has 0 bridgehead atoms. The molecule has 0 saturated heterocycles. The zero-order valence-electron chi connectivity index (χ0n) is 14.0. The largest absolute Gasteiger partial charge is 0.340 e. The molecule has 0 aliphatic heterocycles. The molecule has 1 N–H and O–H groups in total. The minimum absolute atomic E-state index is 0.0924. The maximum Gasteiger partial charge on any atom is 0.291 e. The molecule has 1 fully saturated rings. The van der Waals surface area contributed by atoms with Gasteiger partial charge >= 0.3 is 0 Å². The molecule has 3 rings (SSSR count). The minimum atomic E-state index is -2.92. The van der Waals surface area contributed by atoms with Gasteiger partial charge in [0.15, 0.2) is 0 Å². The zero-order valence-corrected chi connectivity index (χ0v) is 14.0. The number of aromatic nitrogens is 3. The second-order valence-corrected chi connectivity index (χ2v) is 6.52. The SMILES string of the molecule is CC(C)c1nc(C(=O)NC2CCCC2(F)F)nn1-c1cccc(F)c1. The maximum absolute atomic E-state index is 13.7. The average Bonchev–Trinajstić information content (AvgIpc) is 3.11. The summed E-state index contributed by atoms with van der Waals surface area (Å²) >= 11 is 0. The van der Waals surface area contributed by atoms with Gasteiger partial charge in [-0.3, -0.25) is 4.79 Å². The second-order valence-electron chi connectivity index (χ2n) is 6.52. The summed E-state index contributed by atoms with van der Waals surface area (Å²) in [6.45, 7) is 3.71. The summed E-state index contributed by atoms with van der Waals surface area (Å²) in [5.74, 6) is -3.94. The van der Waals surface area contributed by atoms with E-state index >= 15 is 0 Å². The van der Waals surface area contributed by atoms with Crippen LogP contribution in [0, 0.1) is 5.82 Å². The van der Waals surface area contributed by atoms with E-state index in [1.807, 2.05) is 13.8 Å². The number of carbonyl (C=O) groups is 1. The summed E-state index contributed by atoms with van der Waals surface area (Å²) in [6.07, 6.45) is 0.348. The highest BCUT2D eigenvalue weighted by Crippen LogP contribution is 2.35. The Balaban J connectivity index is 1.90. The molecule has 1 atom stereocenters. The van der Waals surface area contributed by atoms with E-state index < -0.39 is 23.7 Å². The molecule has 1 amide bonds. The van der Waals surface area contributed by atoms with E-state index in [9.17, 15) is 18.0 Å². The van der Waals surface area contributed by atoms with E-state index in [-0.39, 0.29) is 24.6 Å². The first kappa shape index (κ1) is 17.4. The van der Waals surface area contributed by atoms with Crippen LogP contribution in [0.2, 0.25) is 0 Å². The fourth-order valence-electron chi connectivity index (χ4n) is 2.92. The van der Waals surface area contributed by atoms with Crippen molar-refractivity contribution in [2.75, 3.05) is 0 Å². The highest BCUT2D eigenvalue weighted by molar-refractivity contribution is 5.90. The summed E-state index contributed by atoms with van der Waals surface area (Å²) in [7, 11) is 0. The molecule has 0 spiro atoms. The van der Waals surface area contributed by atoms with Crippen molar-refractivity contribution >= 4 is 5.91 Å². The van der Waals surface area contributed by atoms with E-state index in [0.717, 1.165) is 0 Å². The lowest BCUT2D eigenvalue weighted by Gasteiger charge is -2.19. The lowest BCUT2D eigenvalue weighted by Crippen LogP contribution is -2.44. The number of halogens is 3. The van der Waals surface area contributed by atoms with Gasteiger partial charge < -0.3 is 5.32 Å². The quantitative estimate of drug-likeness (QED) is 0.917. The van der Waals surface area contributed by atoms with E-state index in [0.29, 0.717) is 17.9 Å². The minimum Gasteiger partial charge on any atom is -0.340 e. The fraction of sp³-hybridized carbons (Fsp3) is 0.471. The molecule has 5 nitrogen and oxygen atoms in total. The standard InChI is InChI=1S/C17H19F3N4O/c1-10(2)15-22-14(16(25)21-13-7-4-8-17(13,19)20)23-24(15)12-6-3-5-11(18)9-12/h3,5-6,9-10,13H,4,7-8H2,1-2H3,(H,21,25). The number of rotatable bonds is 4. The van der Waals surface area contributed by atoms with Gasteiger partial charge in [-0.25, -0.2) is 22.8 Å². The maximum atomic E-state index is 13.7. The van der Waals surface area contributed by atoms with Gasteiger partial charge in [0.05, 0.1) is 11.7 Å². The zero-order chi connectivity index (χ0) is 18.2. The van der Waals surface area contributed by atoms with Gasteiger partial charge in [-0.15, -0.1) is 5.10 Å². The van der Waals surface area contributed by atoms with Crippen molar-refractivity contribution in [2.24, 2.45) is 0 Å². The van der Waals surface area contributed by atoms with Crippen LogP contribution in [0.4, 0.5) is 13.2 Å². The second kappa shape index (κ2) is 6.50. The Labute approximate surface area is 143 Å². The molecule has 0 radical (unpaired) electrons. The molecule has 1 aromatic heterocycles. The smallest absolute Gasteiger partial charge is 0.291 e.